The van der Waals surface area contributed by atoms with Crippen LogP contribution in [0.25, 0.3) is 0 Å². The lowest BCUT2D eigenvalue weighted by Gasteiger charge is -2.23. The fourth-order valence-electron chi connectivity index (χ4n) is 2.69. The summed E-state index contributed by atoms with van der Waals surface area (Å²) in [5, 5.41) is 9.11. The molecule has 1 fully saturated rings. The van der Waals surface area contributed by atoms with Gasteiger partial charge in [-0.3, -0.25) is 4.79 Å². The number of aliphatic carboxylic acids is 1. The molecule has 0 radical (unpaired) electrons. The molecule has 6 heteroatoms. The molecule has 1 aliphatic heterocycles. The SMILES string of the molecule is Cc1ccc(C)c(S(=O)(=O)N2CCC(C(=O)O)C2C)c1. The molecule has 0 aliphatic carbocycles. The van der Waals surface area contributed by atoms with Crippen LogP contribution in [-0.2, 0) is 14.8 Å². The van der Waals surface area contributed by atoms with E-state index >= 15 is 0 Å². The van der Waals surface area contributed by atoms with E-state index < -0.39 is 28.0 Å². The molecule has 0 saturated carbocycles. The molecule has 2 rings (SSSR count). The highest BCUT2D eigenvalue weighted by Crippen LogP contribution is 2.31. The minimum Gasteiger partial charge on any atom is -0.481 e. The van der Waals surface area contributed by atoms with Crippen molar-refractivity contribution in [1.29, 1.82) is 0 Å². The van der Waals surface area contributed by atoms with Crippen LogP contribution in [0.5, 0.6) is 0 Å². The van der Waals surface area contributed by atoms with Gasteiger partial charge in [0, 0.05) is 12.6 Å². The smallest absolute Gasteiger partial charge is 0.308 e. The summed E-state index contributed by atoms with van der Waals surface area (Å²) in [6.45, 7) is 5.51. The highest BCUT2D eigenvalue weighted by atomic mass is 32.2. The first kappa shape index (κ1) is 15.0. The standard InChI is InChI=1S/C14H19NO4S/c1-9-4-5-10(2)13(8-9)20(18,19)15-7-6-12(11(15)3)14(16)17/h4-5,8,11-12H,6-7H2,1-3H3,(H,16,17). The Morgan fingerprint density at radius 1 is 1.35 bits per heavy atom. The lowest BCUT2D eigenvalue weighted by Crippen LogP contribution is -2.37. The number of sulfonamides is 1. The number of hydrogen-bond acceptors (Lipinski definition) is 3. The zero-order chi connectivity index (χ0) is 15.1. The minimum absolute atomic E-state index is 0.258. The summed E-state index contributed by atoms with van der Waals surface area (Å²) >= 11 is 0. The molecular weight excluding hydrogens is 278 g/mol. The maximum absolute atomic E-state index is 12.7. The van der Waals surface area contributed by atoms with Crippen molar-refractivity contribution in [3.8, 4) is 0 Å². The largest absolute Gasteiger partial charge is 0.481 e. The Balaban J connectivity index is 2.41. The van der Waals surface area contributed by atoms with Gasteiger partial charge in [-0.25, -0.2) is 8.42 Å². The number of nitrogens with zero attached hydrogens (tertiary/aromatic N) is 1. The first-order chi connectivity index (χ1) is 9.25. The van der Waals surface area contributed by atoms with E-state index in [-0.39, 0.29) is 11.4 Å². The van der Waals surface area contributed by atoms with E-state index in [2.05, 4.69) is 0 Å². The van der Waals surface area contributed by atoms with Crippen molar-refractivity contribution < 1.29 is 18.3 Å². The average molecular weight is 297 g/mol. The van der Waals surface area contributed by atoms with Gasteiger partial charge in [0.05, 0.1) is 10.8 Å². The Kier molecular flexibility index (Phi) is 3.88. The minimum atomic E-state index is -3.64. The van der Waals surface area contributed by atoms with Crippen molar-refractivity contribution in [2.75, 3.05) is 6.54 Å². The Morgan fingerprint density at radius 2 is 2.00 bits per heavy atom. The molecule has 2 atom stereocenters. The van der Waals surface area contributed by atoms with Crippen molar-refractivity contribution in [3.05, 3.63) is 29.3 Å². The molecule has 2 unspecified atom stereocenters. The van der Waals surface area contributed by atoms with Crippen LogP contribution in [0.4, 0.5) is 0 Å². The highest BCUT2D eigenvalue weighted by molar-refractivity contribution is 7.89. The Bertz CT molecular complexity index is 639. The number of carbonyl (C=O) groups is 1. The molecule has 1 aliphatic rings. The molecule has 1 N–H and O–H groups in total. The molecule has 1 aromatic carbocycles. The lowest BCUT2D eigenvalue weighted by atomic mass is 10.0. The summed E-state index contributed by atoms with van der Waals surface area (Å²) in [4.78, 5) is 11.4. The Hall–Kier alpha value is -1.40. The van der Waals surface area contributed by atoms with Crippen molar-refractivity contribution in [2.24, 2.45) is 5.92 Å². The second kappa shape index (κ2) is 5.18. The predicted octanol–water partition coefficient (Wildman–Crippen LogP) is 1.79. The molecule has 20 heavy (non-hydrogen) atoms. The second-order valence-corrected chi connectivity index (χ2v) is 7.22. The van der Waals surface area contributed by atoms with Crippen LogP contribution in [0.3, 0.4) is 0 Å². The number of aryl methyl sites for hydroxylation is 2. The molecule has 5 nitrogen and oxygen atoms in total. The van der Waals surface area contributed by atoms with Gasteiger partial charge in [-0.2, -0.15) is 4.31 Å². The number of carboxylic acid groups (broad SMARTS) is 1. The van der Waals surface area contributed by atoms with Gasteiger partial charge in [0.15, 0.2) is 0 Å². The first-order valence-corrected chi connectivity index (χ1v) is 8.01. The third kappa shape index (κ3) is 2.45. The normalized spacial score (nSPS) is 23.9. The third-order valence-corrected chi connectivity index (χ3v) is 6.07. The van der Waals surface area contributed by atoms with E-state index in [0.717, 1.165) is 5.56 Å². The summed E-state index contributed by atoms with van der Waals surface area (Å²) < 4.78 is 26.8. The van der Waals surface area contributed by atoms with Crippen molar-refractivity contribution in [3.63, 3.8) is 0 Å². The van der Waals surface area contributed by atoms with Crippen molar-refractivity contribution in [1.82, 2.24) is 4.31 Å². The maximum atomic E-state index is 12.7. The van der Waals surface area contributed by atoms with E-state index in [1.807, 2.05) is 13.0 Å². The van der Waals surface area contributed by atoms with Gasteiger partial charge in [-0.15, -0.1) is 0 Å². The Morgan fingerprint density at radius 3 is 2.55 bits per heavy atom. The number of hydrogen-bond donors (Lipinski definition) is 1. The number of rotatable bonds is 3. The fourth-order valence-corrected chi connectivity index (χ4v) is 4.69. The number of benzene rings is 1. The summed E-state index contributed by atoms with van der Waals surface area (Å²) in [5.74, 6) is -1.56. The van der Waals surface area contributed by atoms with Crippen molar-refractivity contribution >= 4 is 16.0 Å². The second-order valence-electron chi connectivity index (χ2n) is 5.36. The Labute approximate surface area is 119 Å². The quantitative estimate of drug-likeness (QED) is 0.923. The van der Waals surface area contributed by atoms with Crippen LogP contribution in [0.2, 0.25) is 0 Å². The highest BCUT2D eigenvalue weighted by Gasteiger charge is 2.42. The lowest BCUT2D eigenvalue weighted by molar-refractivity contribution is -0.142. The summed E-state index contributed by atoms with van der Waals surface area (Å²) in [6.07, 6.45) is 0.362. The molecule has 0 aromatic heterocycles. The average Bonchev–Trinajstić information content (AvgIpc) is 2.74. The molecule has 0 amide bonds. The van der Waals surface area contributed by atoms with Gasteiger partial charge in [0.1, 0.15) is 0 Å². The van der Waals surface area contributed by atoms with Gasteiger partial charge in [0.2, 0.25) is 10.0 Å². The van der Waals surface area contributed by atoms with Gasteiger partial charge >= 0.3 is 5.97 Å². The zero-order valence-corrected chi connectivity index (χ0v) is 12.6. The molecule has 0 spiro atoms. The van der Waals surface area contributed by atoms with Gasteiger partial charge in [0.25, 0.3) is 0 Å². The summed E-state index contributed by atoms with van der Waals surface area (Å²) in [5.41, 5.74) is 1.55. The van der Waals surface area contributed by atoms with E-state index in [1.54, 1.807) is 26.0 Å². The van der Waals surface area contributed by atoms with Gasteiger partial charge < -0.3 is 5.11 Å². The molecular formula is C14H19NO4S. The molecule has 1 saturated heterocycles. The van der Waals surface area contributed by atoms with E-state index in [0.29, 0.717) is 12.0 Å². The molecule has 1 aromatic rings. The van der Waals surface area contributed by atoms with E-state index in [4.69, 9.17) is 5.11 Å². The van der Waals surface area contributed by atoms with Crippen LogP contribution in [-0.4, -0.2) is 36.4 Å². The van der Waals surface area contributed by atoms with Crippen LogP contribution in [0.15, 0.2) is 23.1 Å². The summed E-state index contributed by atoms with van der Waals surface area (Å²) in [6, 6.07) is 4.77. The van der Waals surface area contributed by atoms with Gasteiger partial charge in [-0.1, -0.05) is 12.1 Å². The molecule has 1 heterocycles. The van der Waals surface area contributed by atoms with E-state index in [9.17, 15) is 13.2 Å². The van der Waals surface area contributed by atoms with Crippen LogP contribution in [0, 0.1) is 19.8 Å². The fraction of sp³-hybridized carbons (Fsp3) is 0.500. The van der Waals surface area contributed by atoms with Crippen LogP contribution < -0.4 is 0 Å². The molecule has 0 bridgehead atoms. The van der Waals surface area contributed by atoms with E-state index in [1.165, 1.54) is 4.31 Å². The zero-order valence-electron chi connectivity index (χ0n) is 11.8. The number of carboxylic acids is 1. The van der Waals surface area contributed by atoms with Crippen LogP contribution >= 0.6 is 0 Å². The molecule has 110 valence electrons. The third-order valence-electron chi connectivity index (χ3n) is 3.94. The predicted molar refractivity (Wildman–Crippen MR) is 75.0 cm³/mol. The van der Waals surface area contributed by atoms with Gasteiger partial charge in [-0.05, 0) is 44.4 Å². The van der Waals surface area contributed by atoms with Crippen LogP contribution in [0.1, 0.15) is 24.5 Å². The topological polar surface area (TPSA) is 74.7 Å². The first-order valence-electron chi connectivity index (χ1n) is 6.57. The maximum Gasteiger partial charge on any atom is 0.308 e. The van der Waals surface area contributed by atoms with Crippen molar-refractivity contribution in [2.45, 2.75) is 38.1 Å². The summed E-state index contributed by atoms with van der Waals surface area (Å²) in [7, 11) is -3.64. The monoisotopic (exact) mass is 297 g/mol.